The maximum absolute atomic E-state index is 11.8. The van der Waals surface area contributed by atoms with Crippen molar-refractivity contribution in [2.75, 3.05) is 7.11 Å². The van der Waals surface area contributed by atoms with Crippen molar-refractivity contribution in [1.29, 1.82) is 0 Å². The van der Waals surface area contributed by atoms with Crippen molar-refractivity contribution >= 4 is 17.3 Å². The molecule has 5 heteroatoms. The molecule has 0 spiro atoms. The molecule has 0 aliphatic carbocycles. The van der Waals surface area contributed by atoms with Crippen molar-refractivity contribution in [2.45, 2.75) is 52.1 Å². The highest BCUT2D eigenvalue weighted by molar-refractivity contribution is 7.09. The van der Waals surface area contributed by atoms with E-state index in [2.05, 4.69) is 31.1 Å². The van der Waals surface area contributed by atoms with Gasteiger partial charge in [-0.3, -0.25) is 5.32 Å². The molecule has 0 aromatic carbocycles. The van der Waals surface area contributed by atoms with Crippen LogP contribution in [0, 0.1) is 0 Å². The Kier molecular flexibility index (Phi) is 4.87. The molecule has 0 saturated heterocycles. The third-order valence-corrected chi connectivity index (χ3v) is 3.68. The summed E-state index contributed by atoms with van der Waals surface area (Å²) >= 11 is 1.58. The molecule has 4 nitrogen and oxygen atoms in total. The van der Waals surface area contributed by atoms with E-state index in [4.69, 9.17) is 4.74 Å². The summed E-state index contributed by atoms with van der Waals surface area (Å²) in [5.41, 5.74) is 0.743. The normalized spacial score (nSPS) is 13.7. The van der Waals surface area contributed by atoms with Gasteiger partial charge in [-0.1, -0.05) is 20.8 Å². The van der Waals surface area contributed by atoms with Crippen molar-refractivity contribution in [3.63, 3.8) is 0 Å². The molecule has 0 fully saturated rings. The molecule has 0 radical (unpaired) electrons. The van der Waals surface area contributed by atoms with Crippen molar-refractivity contribution < 1.29 is 9.53 Å². The van der Waals surface area contributed by atoms with Crippen LogP contribution in [-0.2, 0) is 14.9 Å². The maximum atomic E-state index is 11.8. The molecule has 0 bridgehead atoms. The van der Waals surface area contributed by atoms with Gasteiger partial charge in [0.05, 0.1) is 17.8 Å². The Labute approximate surface area is 113 Å². The van der Waals surface area contributed by atoms with Gasteiger partial charge in [-0.25, -0.2) is 9.78 Å². The Bertz CT molecular complexity index is 407. The molecule has 1 N–H and O–H groups in total. The Morgan fingerprint density at radius 3 is 2.44 bits per heavy atom. The fraction of sp³-hybridized carbons (Fsp3) is 0.692. The van der Waals surface area contributed by atoms with Gasteiger partial charge < -0.3 is 4.74 Å². The van der Waals surface area contributed by atoms with Gasteiger partial charge in [0.2, 0.25) is 0 Å². The van der Waals surface area contributed by atoms with Crippen molar-refractivity contribution in [3.8, 4) is 0 Å². The van der Waals surface area contributed by atoms with Crippen LogP contribution in [0.2, 0.25) is 0 Å². The molecule has 1 heterocycles. The summed E-state index contributed by atoms with van der Waals surface area (Å²) in [6.07, 6.45) is 0. The SMILES string of the molecule is COC(=O)C(NC(C)C)c1csc(C(C)(C)C)n1. The first-order valence-corrected chi connectivity index (χ1v) is 6.93. The zero-order valence-corrected chi connectivity index (χ0v) is 12.7. The minimum Gasteiger partial charge on any atom is -0.468 e. The zero-order chi connectivity index (χ0) is 13.9. The van der Waals surface area contributed by atoms with Gasteiger partial charge in [0, 0.05) is 16.8 Å². The largest absolute Gasteiger partial charge is 0.468 e. The molecule has 0 saturated carbocycles. The van der Waals surface area contributed by atoms with Crippen LogP contribution in [0.1, 0.15) is 51.4 Å². The van der Waals surface area contributed by atoms with Gasteiger partial charge in [0.25, 0.3) is 0 Å². The fourth-order valence-corrected chi connectivity index (χ4v) is 2.42. The van der Waals surface area contributed by atoms with Gasteiger partial charge >= 0.3 is 5.97 Å². The summed E-state index contributed by atoms with van der Waals surface area (Å²) in [4.78, 5) is 16.3. The van der Waals surface area contributed by atoms with Crippen LogP contribution in [-0.4, -0.2) is 24.1 Å². The number of ether oxygens (including phenoxy) is 1. The summed E-state index contributed by atoms with van der Waals surface area (Å²) in [5, 5.41) is 6.13. The highest BCUT2D eigenvalue weighted by Crippen LogP contribution is 2.28. The Morgan fingerprint density at radius 1 is 1.44 bits per heavy atom. The Morgan fingerprint density at radius 2 is 2.06 bits per heavy atom. The van der Waals surface area contributed by atoms with Gasteiger partial charge in [-0.15, -0.1) is 11.3 Å². The number of thiazole rings is 1. The second kappa shape index (κ2) is 5.80. The number of nitrogens with one attached hydrogen (secondary N) is 1. The van der Waals surface area contributed by atoms with E-state index in [-0.39, 0.29) is 17.4 Å². The standard InChI is InChI=1S/C13H22N2O2S/c1-8(2)14-10(11(16)17-6)9-7-18-12(15-9)13(3,4)5/h7-8,10,14H,1-6H3. The third-order valence-electron chi connectivity index (χ3n) is 2.40. The number of rotatable bonds is 4. The minimum atomic E-state index is -0.484. The van der Waals surface area contributed by atoms with E-state index >= 15 is 0 Å². The first-order chi connectivity index (χ1) is 8.25. The van der Waals surface area contributed by atoms with Crippen molar-refractivity contribution in [1.82, 2.24) is 10.3 Å². The van der Waals surface area contributed by atoms with Crippen LogP contribution >= 0.6 is 11.3 Å². The average molecular weight is 270 g/mol. The number of nitrogens with zero attached hydrogens (tertiary/aromatic N) is 1. The van der Waals surface area contributed by atoms with Crippen LogP contribution in [0.4, 0.5) is 0 Å². The summed E-state index contributed by atoms with van der Waals surface area (Å²) in [6.45, 7) is 10.3. The smallest absolute Gasteiger partial charge is 0.329 e. The van der Waals surface area contributed by atoms with Crippen LogP contribution in [0.25, 0.3) is 0 Å². The zero-order valence-electron chi connectivity index (χ0n) is 11.9. The number of hydrogen-bond acceptors (Lipinski definition) is 5. The van der Waals surface area contributed by atoms with E-state index in [0.717, 1.165) is 10.7 Å². The lowest BCUT2D eigenvalue weighted by Crippen LogP contribution is -2.34. The highest BCUT2D eigenvalue weighted by atomic mass is 32.1. The van der Waals surface area contributed by atoms with E-state index in [1.54, 1.807) is 11.3 Å². The minimum absolute atomic E-state index is 0.00141. The Hall–Kier alpha value is -0.940. The molecular weight excluding hydrogens is 248 g/mol. The van der Waals surface area contributed by atoms with Crippen LogP contribution in [0.3, 0.4) is 0 Å². The second-order valence-corrected chi connectivity index (χ2v) is 6.46. The maximum Gasteiger partial charge on any atom is 0.329 e. The molecule has 18 heavy (non-hydrogen) atoms. The van der Waals surface area contributed by atoms with E-state index in [0.29, 0.717) is 0 Å². The monoisotopic (exact) mass is 270 g/mol. The highest BCUT2D eigenvalue weighted by Gasteiger charge is 2.27. The number of methoxy groups -OCH3 is 1. The van der Waals surface area contributed by atoms with Crippen LogP contribution in [0.15, 0.2) is 5.38 Å². The van der Waals surface area contributed by atoms with Crippen molar-refractivity contribution in [3.05, 3.63) is 16.1 Å². The summed E-state index contributed by atoms with van der Waals surface area (Å²) < 4.78 is 4.83. The number of carbonyl (C=O) groups is 1. The lowest BCUT2D eigenvalue weighted by molar-refractivity contribution is -0.143. The number of hydrogen-bond donors (Lipinski definition) is 1. The lowest BCUT2D eigenvalue weighted by atomic mass is 9.98. The van der Waals surface area contributed by atoms with Crippen LogP contribution in [0.5, 0.6) is 0 Å². The first kappa shape index (κ1) is 15.1. The average Bonchev–Trinajstić information content (AvgIpc) is 2.73. The van der Waals surface area contributed by atoms with Gasteiger partial charge in [-0.2, -0.15) is 0 Å². The number of esters is 1. The Balaban J connectivity index is 2.99. The van der Waals surface area contributed by atoms with E-state index < -0.39 is 6.04 Å². The molecule has 1 aromatic rings. The first-order valence-electron chi connectivity index (χ1n) is 6.05. The predicted octanol–water partition coefficient (Wildman–Crippen LogP) is 2.65. The molecule has 0 aliphatic rings. The molecule has 1 atom stereocenters. The number of aromatic nitrogens is 1. The third kappa shape index (κ3) is 3.78. The van der Waals surface area contributed by atoms with Gasteiger partial charge in [0.15, 0.2) is 0 Å². The van der Waals surface area contributed by atoms with E-state index in [9.17, 15) is 4.79 Å². The molecule has 1 rings (SSSR count). The van der Waals surface area contributed by atoms with E-state index in [1.165, 1.54) is 7.11 Å². The molecule has 1 unspecified atom stereocenters. The number of carbonyl (C=O) groups excluding carboxylic acids is 1. The molecule has 1 aromatic heterocycles. The topological polar surface area (TPSA) is 51.2 Å². The van der Waals surface area contributed by atoms with Crippen molar-refractivity contribution in [2.24, 2.45) is 0 Å². The molecule has 0 amide bonds. The lowest BCUT2D eigenvalue weighted by Gasteiger charge is -2.18. The summed E-state index contributed by atoms with van der Waals surface area (Å²) in [7, 11) is 1.40. The fourth-order valence-electron chi connectivity index (χ4n) is 1.49. The predicted molar refractivity (Wildman–Crippen MR) is 73.8 cm³/mol. The molecule has 102 valence electrons. The van der Waals surface area contributed by atoms with Gasteiger partial charge in [0.1, 0.15) is 6.04 Å². The summed E-state index contributed by atoms with van der Waals surface area (Å²) in [5.74, 6) is -0.297. The van der Waals surface area contributed by atoms with E-state index in [1.807, 2.05) is 19.2 Å². The quantitative estimate of drug-likeness (QED) is 0.855. The molecule has 0 aliphatic heterocycles. The summed E-state index contributed by atoms with van der Waals surface area (Å²) in [6, 6.07) is -0.295. The van der Waals surface area contributed by atoms with Gasteiger partial charge in [-0.05, 0) is 13.8 Å². The molecular formula is C13H22N2O2S. The van der Waals surface area contributed by atoms with Crippen LogP contribution < -0.4 is 5.32 Å². The second-order valence-electron chi connectivity index (χ2n) is 5.61.